The van der Waals surface area contributed by atoms with Crippen molar-refractivity contribution in [2.75, 3.05) is 17.2 Å². The standard InChI is InChI=1S/C17H26N2O2/c1-4-7-8-11-19-14-12-13(18)9-10-15(14)21-17(5-2,6-3)16(19)20/h9-10,12H,4-8,11,18H2,1-3H3. The number of fused-ring (bicyclic) bond motifs is 1. The average molecular weight is 290 g/mol. The first-order valence-corrected chi connectivity index (χ1v) is 7.98. The van der Waals surface area contributed by atoms with Crippen LogP contribution in [-0.4, -0.2) is 18.1 Å². The van der Waals surface area contributed by atoms with E-state index in [1.165, 1.54) is 0 Å². The first kappa shape index (κ1) is 15.7. The molecule has 4 nitrogen and oxygen atoms in total. The summed E-state index contributed by atoms with van der Waals surface area (Å²) in [6.45, 7) is 6.91. The minimum absolute atomic E-state index is 0.0710. The molecule has 1 aliphatic heterocycles. The van der Waals surface area contributed by atoms with Crippen molar-refractivity contribution in [1.29, 1.82) is 0 Å². The Labute approximate surface area is 127 Å². The van der Waals surface area contributed by atoms with Crippen LogP contribution in [0.25, 0.3) is 0 Å². The molecule has 0 spiro atoms. The second-order valence-electron chi connectivity index (χ2n) is 5.69. The van der Waals surface area contributed by atoms with E-state index in [1.54, 1.807) is 0 Å². The summed E-state index contributed by atoms with van der Waals surface area (Å²) < 4.78 is 6.07. The summed E-state index contributed by atoms with van der Waals surface area (Å²) in [6.07, 6.45) is 4.61. The Balaban J connectivity index is 2.39. The third-order valence-corrected chi connectivity index (χ3v) is 4.34. The summed E-state index contributed by atoms with van der Waals surface area (Å²) in [5, 5.41) is 0. The lowest BCUT2D eigenvalue weighted by Gasteiger charge is -2.42. The Morgan fingerprint density at radius 1 is 1.19 bits per heavy atom. The van der Waals surface area contributed by atoms with Crippen LogP contribution in [0, 0.1) is 0 Å². The van der Waals surface area contributed by atoms with E-state index < -0.39 is 5.60 Å². The number of unbranched alkanes of at least 4 members (excludes halogenated alkanes) is 2. The summed E-state index contributed by atoms with van der Waals surface area (Å²) in [5.41, 5.74) is 6.63. The van der Waals surface area contributed by atoms with Crippen molar-refractivity contribution < 1.29 is 9.53 Å². The van der Waals surface area contributed by atoms with Crippen LogP contribution in [-0.2, 0) is 4.79 Å². The van der Waals surface area contributed by atoms with Gasteiger partial charge in [0.05, 0.1) is 5.69 Å². The van der Waals surface area contributed by atoms with Gasteiger partial charge in [-0.25, -0.2) is 0 Å². The predicted molar refractivity (Wildman–Crippen MR) is 86.7 cm³/mol. The fraction of sp³-hybridized carbons (Fsp3) is 0.588. The number of anilines is 2. The fourth-order valence-corrected chi connectivity index (χ4v) is 2.88. The van der Waals surface area contributed by atoms with Gasteiger partial charge < -0.3 is 15.4 Å². The lowest BCUT2D eigenvalue weighted by atomic mass is 9.92. The van der Waals surface area contributed by atoms with Gasteiger partial charge in [-0.15, -0.1) is 0 Å². The first-order valence-electron chi connectivity index (χ1n) is 7.98. The molecule has 2 rings (SSSR count). The normalized spacial score (nSPS) is 16.5. The highest BCUT2D eigenvalue weighted by molar-refractivity contribution is 6.03. The molecular weight excluding hydrogens is 264 g/mol. The zero-order chi connectivity index (χ0) is 15.5. The number of benzene rings is 1. The van der Waals surface area contributed by atoms with Crippen LogP contribution in [0.4, 0.5) is 11.4 Å². The van der Waals surface area contributed by atoms with Crippen LogP contribution in [0.3, 0.4) is 0 Å². The summed E-state index contributed by atoms with van der Waals surface area (Å²) in [7, 11) is 0. The van der Waals surface area contributed by atoms with Crippen molar-refractivity contribution in [3.63, 3.8) is 0 Å². The molecule has 0 radical (unpaired) electrons. The molecule has 0 bridgehead atoms. The number of carbonyl (C=O) groups excluding carboxylic acids is 1. The molecule has 0 unspecified atom stereocenters. The van der Waals surface area contributed by atoms with E-state index in [0.717, 1.165) is 37.2 Å². The highest BCUT2D eigenvalue weighted by atomic mass is 16.5. The van der Waals surface area contributed by atoms with E-state index in [9.17, 15) is 4.79 Å². The van der Waals surface area contributed by atoms with Crippen LogP contribution in [0.1, 0.15) is 52.9 Å². The molecule has 0 saturated carbocycles. The van der Waals surface area contributed by atoms with E-state index in [2.05, 4.69) is 6.92 Å². The molecule has 0 saturated heterocycles. The smallest absolute Gasteiger partial charge is 0.271 e. The lowest BCUT2D eigenvalue weighted by Crippen LogP contribution is -2.55. The van der Waals surface area contributed by atoms with E-state index in [4.69, 9.17) is 10.5 Å². The van der Waals surface area contributed by atoms with Crippen molar-refractivity contribution >= 4 is 17.3 Å². The second kappa shape index (κ2) is 6.37. The van der Waals surface area contributed by atoms with Crippen molar-refractivity contribution in [3.05, 3.63) is 18.2 Å². The van der Waals surface area contributed by atoms with E-state index in [0.29, 0.717) is 18.5 Å². The fourth-order valence-electron chi connectivity index (χ4n) is 2.88. The number of hydrogen-bond acceptors (Lipinski definition) is 3. The number of nitrogens with two attached hydrogens (primary N) is 1. The maximum absolute atomic E-state index is 12.9. The Morgan fingerprint density at radius 2 is 1.90 bits per heavy atom. The van der Waals surface area contributed by atoms with Crippen LogP contribution in [0.2, 0.25) is 0 Å². The number of nitrogens with zero attached hydrogens (tertiary/aromatic N) is 1. The van der Waals surface area contributed by atoms with Crippen LogP contribution in [0.15, 0.2) is 18.2 Å². The molecule has 0 aliphatic carbocycles. The van der Waals surface area contributed by atoms with Gasteiger partial charge in [-0.05, 0) is 37.5 Å². The molecule has 1 aromatic rings. The molecular formula is C17H26N2O2. The van der Waals surface area contributed by atoms with Gasteiger partial charge in [0.25, 0.3) is 5.91 Å². The minimum atomic E-state index is -0.727. The number of amides is 1. The second-order valence-corrected chi connectivity index (χ2v) is 5.69. The van der Waals surface area contributed by atoms with Crippen LogP contribution < -0.4 is 15.4 Å². The molecule has 4 heteroatoms. The van der Waals surface area contributed by atoms with Gasteiger partial charge >= 0.3 is 0 Å². The van der Waals surface area contributed by atoms with Crippen molar-refractivity contribution in [3.8, 4) is 5.75 Å². The van der Waals surface area contributed by atoms with Crippen molar-refractivity contribution in [1.82, 2.24) is 0 Å². The van der Waals surface area contributed by atoms with Crippen LogP contribution >= 0.6 is 0 Å². The van der Waals surface area contributed by atoms with Crippen molar-refractivity contribution in [2.24, 2.45) is 0 Å². The van der Waals surface area contributed by atoms with Crippen LogP contribution in [0.5, 0.6) is 5.75 Å². The minimum Gasteiger partial charge on any atom is -0.475 e. The maximum Gasteiger partial charge on any atom is 0.271 e. The van der Waals surface area contributed by atoms with Crippen molar-refractivity contribution in [2.45, 2.75) is 58.5 Å². The number of hydrogen-bond donors (Lipinski definition) is 1. The lowest BCUT2D eigenvalue weighted by molar-refractivity contribution is -0.136. The number of carbonyl (C=O) groups is 1. The number of nitrogen functional groups attached to an aromatic ring is 1. The molecule has 21 heavy (non-hydrogen) atoms. The molecule has 2 N–H and O–H groups in total. The zero-order valence-corrected chi connectivity index (χ0v) is 13.3. The van der Waals surface area contributed by atoms with Gasteiger partial charge in [0.15, 0.2) is 5.60 Å². The van der Waals surface area contributed by atoms with Gasteiger partial charge in [0.1, 0.15) is 5.75 Å². The first-order chi connectivity index (χ1) is 10.1. The molecule has 0 atom stereocenters. The van der Waals surface area contributed by atoms with Gasteiger partial charge in [0.2, 0.25) is 0 Å². The largest absolute Gasteiger partial charge is 0.475 e. The Bertz CT molecular complexity index is 510. The summed E-state index contributed by atoms with van der Waals surface area (Å²) >= 11 is 0. The SMILES string of the molecule is CCCCCN1C(=O)C(CC)(CC)Oc2ccc(N)cc21. The summed E-state index contributed by atoms with van der Waals surface area (Å²) in [5.74, 6) is 0.839. The molecule has 116 valence electrons. The molecule has 0 fully saturated rings. The topological polar surface area (TPSA) is 55.6 Å². The highest BCUT2D eigenvalue weighted by Crippen LogP contribution is 2.41. The summed E-state index contributed by atoms with van der Waals surface area (Å²) in [6, 6.07) is 5.55. The monoisotopic (exact) mass is 290 g/mol. The third-order valence-electron chi connectivity index (χ3n) is 4.34. The Kier molecular flexibility index (Phi) is 4.76. The number of rotatable bonds is 6. The molecule has 0 aromatic heterocycles. The van der Waals surface area contributed by atoms with E-state index >= 15 is 0 Å². The summed E-state index contributed by atoms with van der Waals surface area (Å²) in [4.78, 5) is 14.8. The molecule has 1 aliphatic rings. The average Bonchev–Trinajstić information content (AvgIpc) is 2.50. The zero-order valence-electron chi connectivity index (χ0n) is 13.3. The van der Waals surface area contributed by atoms with E-state index in [1.807, 2.05) is 36.9 Å². The third kappa shape index (κ3) is 2.85. The highest BCUT2D eigenvalue weighted by Gasteiger charge is 2.45. The van der Waals surface area contributed by atoms with Gasteiger partial charge in [-0.1, -0.05) is 33.6 Å². The number of ether oxygens (including phenoxy) is 1. The molecule has 1 amide bonds. The van der Waals surface area contributed by atoms with E-state index in [-0.39, 0.29) is 5.91 Å². The molecule has 1 aromatic carbocycles. The van der Waals surface area contributed by atoms with Gasteiger partial charge in [-0.3, -0.25) is 4.79 Å². The van der Waals surface area contributed by atoms with Gasteiger partial charge in [-0.2, -0.15) is 0 Å². The molecule has 1 heterocycles. The Hall–Kier alpha value is -1.71. The quantitative estimate of drug-likeness (QED) is 0.641. The van der Waals surface area contributed by atoms with Gasteiger partial charge in [0, 0.05) is 12.2 Å². The predicted octanol–water partition coefficient (Wildman–Crippen LogP) is 3.74. The Morgan fingerprint density at radius 3 is 2.52 bits per heavy atom. The maximum atomic E-state index is 12.9.